The van der Waals surface area contributed by atoms with Crippen molar-refractivity contribution in [2.45, 2.75) is 26.3 Å². The molecule has 1 atom stereocenters. The highest BCUT2D eigenvalue weighted by Crippen LogP contribution is 2.21. The molecule has 0 radical (unpaired) electrons. The Morgan fingerprint density at radius 1 is 1.43 bits per heavy atom. The Kier molecular flexibility index (Phi) is 4.96. The van der Waals surface area contributed by atoms with E-state index >= 15 is 0 Å². The Balaban J connectivity index is 1.98. The van der Waals surface area contributed by atoms with Gasteiger partial charge in [0.15, 0.2) is 5.78 Å². The highest BCUT2D eigenvalue weighted by atomic mass is 16.5. The minimum atomic E-state index is -0.0200. The predicted molar refractivity (Wildman–Crippen MR) is 80.7 cm³/mol. The van der Waals surface area contributed by atoms with Crippen molar-refractivity contribution in [3.63, 3.8) is 0 Å². The third kappa shape index (κ3) is 4.04. The average Bonchev–Trinajstić information content (AvgIpc) is 2.84. The second-order valence-corrected chi connectivity index (χ2v) is 5.55. The third-order valence-electron chi connectivity index (χ3n) is 3.70. The fourth-order valence-corrected chi connectivity index (χ4v) is 2.70. The predicted octanol–water partition coefficient (Wildman–Crippen LogP) is 1.40. The lowest BCUT2D eigenvalue weighted by atomic mass is 10.1. The molecule has 0 spiro atoms. The Morgan fingerprint density at radius 2 is 2.19 bits per heavy atom. The zero-order valence-electron chi connectivity index (χ0n) is 12.8. The molecule has 5 nitrogen and oxygen atoms in total. The maximum Gasteiger partial charge on any atom is 0.217 e. The van der Waals surface area contributed by atoms with E-state index in [-0.39, 0.29) is 17.7 Å². The fourth-order valence-electron chi connectivity index (χ4n) is 2.70. The number of aryl methyl sites for hydroxylation is 1. The number of carbonyl (C=O) groups is 2. The molecule has 1 amide bonds. The first-order valence-electron chi connectivity index (χ1n) is 7.17. The van der Waals surface area contributed by atoms with Gasteiger partial charge in [-0.05, 0) is 31.0 Å². The number of benzene rings is 1. The van der Waals surface area contributed by atoms with Crippen LogP contribution in [0, 0.1) is 6.92 Å². The molecular weight excluding hydrogens is 268 g/mol. The zero-order valence-corrected chi connectivity index (χ0v) is 12.8. The monoisotopic (exact) mass is 290 g/mol. The van der Waals surface area contributed by atoms with E-state index in [1.165, 1.54) is 6.92 Å². The summed E-state index contributed by atoms with van der Waals surface area (Å²) >= 11 is 0. The first kappa shape index (κ1) is 15.5. The number of ketones is 1. The molecule has 1 saturated heterocycles. The number of hydrogen-bond acceptors (Lipinski definition) is 4. The standard InChI is InChI=1S/C16H22N2O3/c1-11-4-5-14(16(8-11)21-3)15(20)10-18-7-6-13(9-18)17-12(2)19/h4-5,8,13H,6-7,9-10H2,1-3H3,(H,17,19). The van der Waals surface area contributed by atoms with Gasteiger partial charge in [-0.15, -0.1) is 0 Å². The van der Waals surface area contributed by atoms with Gasteiger partial charge in [0, 0.05) is 26.1 Å². The van der Waals surface area contributed by atoms with Crippen molar-refractivity contribution >= 4 is 11.7 Å². The molecule has 0 bridgehead atoms. The quantitative estimate of drug-likeness (QED) is 0.833. The number of rotatable bonds is 5. The summed E-state index contributed by atoms with van der Waals surface area (Å²) in [5, 5.41) is 2.90. The number of carbonyl (C=O) groups excluding carboxylic acids is 2. The van der Waals surface area contributed by atoms with E-state index in [2.05, 4.69) is 10.2 Å². The minimum Gasteiger partial charge on any atom is -0.496 e. The Morgan fingerprint density at radius 3 is 2.86 bits per heavy atom. The summed E-state index contributed by atoms with van der Waals surface area (Å²) in [5.74, 6) is 0.654. The number of Topliss-reactive ketones (excluding diaryl/α,β-unsaturated/α-hetero) is 1. The van der Waals surface area contributed by atoms with E-state index in [4.69, 9.17) is 4.74 Å². The second kappa shape index (κ2) is 6.72. The van der Waals surface area contributed by atoms with Gasteiger partial charge in [0.2, 0.25) is 5.91 Å². The SMILES string of the molecule is COc1cc(C)ccc1C(=O)CN1CCC(NC(C)=O)C1. The van der Waals surface area contributed by atoms with E-state index in [0.717, 1.165) is 25.1 Å². The molecule has 2 rings (SSSR count). The Bertz CT molecular complexity index is 542. The summed E-state index contributed by atoms with van der Waals surface area (Å²) in [6.45, 7) is 5.39. The first-order valence-corrected chi connectivity index (χ1v) is 7.17. The van der Waals surface area contributed by atoms with Gasteiger partial charge < -0.3 is 10.1 Å². The summed E-state index contributed by atoms with van der Waals surface area (Å²) in [5.41, 5.74) is 1.68. The summed E-state index contributed by atoms with van der Waals surface area (Å²) in [6, 6.07) is 5.75. The van der Waals surface area contributed by atoms with Gasteiger partial charge in [0.05, 0.1) is 19.2 Å². The number of hydrogen-bond donors (Lipinski definition) is 1. The molecule has 1 fully saturated rings. The molecule has 1 aromatic carbocycles. The lowest BCUT2D eigenvalue weighted by Gasteiger charge is -2.16. The number of methoxy groups -OCH3 is 1. The van der Waals surface area contributed by atoms with Gasteiger partial charge in [0.25, 0.3) is 0 Å². The van der Waals surface area contributed by atoms with Crippen LogP contribution in [0.4, 0.5) is 0 Å². The largest absolute Gasteiger partial charge is 0.496 e. The van der Waals surface area contributed by atoms with E-state index in [0.29, 0.717) is 17.9 Å². The van der Waals surface area contributed by atoms with Gasteiger partial charge in [-0.25, -0.2) is 0 Å². The van der Waals surface area contributed by atoms with Crippen molar-refractivity contribution in [1.82, 2.24) is 10.2 Å². The van der Waals surface area contributed by atoms with Gasteiger partial charge in [0.1, 0.15) is 5.75 Å². The Hall–Kier alpha value is -1.88. The molecule has 1 aliphatic rings. The smallest absolute Gasteiger partial charge is 0.217 e. The number of amides is 1. The average molecular weight is 290 g/mol. The molecule has 0 aromatic heterocycles. The number of nitrogens with one attached hydrogen (secondary N) is 1. The van der Waals surface area contributed by atoms with Gasteiger partial charge in [-0.1, -0.05) is 6.07 Å². The summed E-state index contributed by atoms with van der Waals surface area (Å²) in [6.07, 6.45) is 0.887. The molecule has 114 valence electrons. The highest BCUT2D eigenvalue weighted by Gasteiger charge is 2.25. The molecule has 5 heteroatoms. The van der Waals surface area contributed by atoms with Crippen molar-refractivity contribution in [3.05, 3.63) is 29.3 Å². The van der Waals surface area contributed by atoms with E-state index < -0.39 is 0 Å². The number of ether oxygens (including phenoxy) is 1. The van der Waals surface area contributed by atoms with Crippen LogP contribution in [-0.2, 0) is 4.79 Å². The molecule has 0 aliphatic carbocycles. The molecule has 1 heterocycles. The molecule has 0 saturated carbocycles. The summed E-state index contributed by atoms with van der Waals surface area (Å²) < 4.78 is 5.29. The molecule has 1 aromatic rings. The summed E-state index contributed by atoms with van der Waals surface area (Å²) in [4.78, 5) is 25.5. The topological polar surface area (TPSA) is 58.6 Å². The zero-order chi connectivity index (χ0) is 15.4. The maximum absolute atomic E-state index is 12.4. The molecule has 1 N–H and O–H groups in total. The third-order valence-corrected chi connectivity index (χ3v) is 3.70. The van der Waals surface area contributed by atoms with Gasteiger partial charge in [-0.2, -0.15) is 0 Å². The lowest BCUT2D eigenvalue weighted by molar-refractivity contribution is -0.119. The first-order chi connectivity index (χ1) is 9.99. The van der Waals surface area contributed by atoms with Crippen LogP contribution in [0.5, 0.6) is 5.75 Å². The van der Waals surface area contributed by atoms with Gasteiger partial charge in [-0.3, -0.25) is 14.5 Å². The maximum atomic E-state index is 12.4. The van der Waals surface area contributed by atoms with Crippen LogP contribution in [0.25, 0.3) is 0 Å². The Labute approximate surface area is 125 Å². The van der Waals surface area contributed by atoms with Crippen LogP contribution in [-0.4, -0.2) is 49.4 Å². The second-order valence-electron chi connectivity index (χ2n) is 5.55. The van der Waals surface area contributed by atoms with Gasteiger partial charge >= 0.3 is 0 Å². The van der Waals surface area contributed by atoms with E-state index in [1.807, 2.05) is 25.1 Å². The lowest BCUT2D eigenvalue weighted by Crippen LogP contribution is -2.36. The fraction of sp³-hybridized carbons (Fsp3) is 0.500. The minimum absolute atomic E-state index is 0.0200. The van der Waals surface area contributed by atoms with Crippen molar-refractivity contribution < 1.29 is 14.3 Å². The van der Waals surface area contributed by atoms with Crippen LogP contribution >= 0.6 is 0 Å². The van der Waals surface area contributed by atoms with Crippen LogP contribution in [0.2, 0.25) is 0 Å². The summed E-state index contributed by atoms with van der Waals surface area (Å²) in [7, 11) is 1.58. The number of likely N-dealkylation sites (tertiary alicyclic amines) is 1. The van der Waals surface area contributed by atoms with Crippen molar-refractivity contribution in [3.8, 4) is 5.75 Å². The van der Waals surface area contributed by atoms with Crippen molar-refractivity contribution in [2.75, 3.05) is 26.7 Å². The van der Waals surface area contributed by atoms with Crippen molar-refractivity contribution in [2.24, 2.45) is 0 Å². The van der Waals surface area contributed by atoms with Crippen LogP contribution in [0.3, 0.4) is 0 Å². The van der Waals surface area contributed by atoms with Crippen LogP contribution in [0.1, 0.15) is 29.3 Å². The highest BCUT2D eigenvalue weighted by molar-refractivity contribution is 6.00. The van der Waals surface area contributed by atoms with E-state index in [9.17, 15) is 9.59 Å². The molecule has 1 unspecified atom stereocenters. The normalized spacial score (nSPS) is 18.5. The molecule has 1 aliphatic heterocycles. The number of nitrogens with zero attached hydrogens (tertiary/aromatic N) is 1. The van der Waals surface area contributed by atoms with Crippen molar-refractivity contribution in [1.29, 1.82) is 0 Å². The molecule has 21 heavy (non-hydrogen) atoms. The van der Waals surface area contributed by atoms with E-state index in [1.54, 1.807) is 7.11 Å². The molecular formula is C16H22N2O3. The van der Waals surface area contributed by atoms with Crippen LogP contribution in [0.15, 0.2) is 18.2 Å². The van der Waals surface area contributed by atoms with Crippen LogP contribution < -0.4 is 10.1 Å².